The van der Waals surface area contributed by atoms with E-state index in [4.69, 9.17) is 0 Å². The van der Waals surface area contributed by atoms with Gasteiger partial charge in [0.05, 0.1) is 6.10 Å². The van der Waals surface area contributed by atoms with Crippen LogP contribution in [0.4, 0.5) is 0 Å². The van der Waals surface area contributed by atoms with Gasteiger partial charge in [-0.1, -0.05) is 80.7 Å². The van der Waals surface area contributed by atoms with Crippen molar-refractivity contribution < 1.29 is 5.11 Å². The van der Waals surface area contributed by atoms with E-state index in [-0.39, 0.29) is 6.10 Å². The zero-order chi connectivity index (χ0) is 20.8. The summed E-state index contributed by atoms with van der Waals surface area (Å²) in [4.78, 5) is 0. The molecular formula is C27H45IO. The standard InChI is InChI=1S/C27H45IO/c1-17(2)6-5-7-18(3)25-10-11-26-24-14-19(16-28)23-15-20(29)8-9-21(23)22(24)12-13-27(25,26)4/h17-18,20-22,24-26,29H,5-16H2,1-4H3/t18-,20+,21-,22-,24-,25-,26+,27-/m1/s1/i28+4. The van der Waals surface area contributed by atoms with Crippen molar-refractivity contribution in [3.8, 4) is 0 Å². The lowest BCUT2D eigenvalue weighted by molar-refractivity contribution is -0.0313. The molecular weight excluding hydrogens is 471 g/mol. The number of rotatable bonds is 6. The average Bonchev–Trinajstić information content (AvgIpc) is 3.04. The van der Waals surface area contributed by atoms with Crippen molar-refractivity contribution in [1.82, 2.24) is 0 Å². The fourth-order valence-corrected chi connectivity index (χ4v) is 9.42. The van der Waals surface area contributed by atoms with E-state index < -0.39 is 0 Å². The smallest absolute Gasteiger partial charge is 0.0577 e. The Hall–Kier alpha value is 0.430. The molecule has 29 heavy (non-hydrogen) atoms. The lowest BCUT2D eigenvalue weighted by atomic mass is 9.50. The molecule has 0 aliphatic heterocycles. The fourth-order valence-electron chi connectivity index (χ4n) is 8.62. The minimum absolute atomic E-state index is 0.0628. The van der Waals surface area contributed by atoms with Gasteiger partial charge < -0.3 is 5.11 Å². The summed E-state index contributed by atoms with van der Waals surface area (Å²) in [5.74, 6) is 6.37. The van der Waals surface area contributed by atoms with Crippen molar-refractivity contribution in [1.29, 1.82) is 0 Å². The molecule has 0 radical (unpaired) electrons. The first-order valence-electron chi connectivity index (χ1n) is 12.8. The minimum Gasteiger partial charge on any atom is -0.393 e. The van der Waals surface area contributed by atoms with E-state index in [0.29, 0.717) is 5.41 Å². The molecule has 0 spiro atoms. The normalized spacial score (nSPS) is 43.1. The number of aliphatic hydroxyl groups is 1. The molecule has 4 aliphatic rings. The van der Waals surface area contributed by atoms with Gasteiger partial charge in [0, 0.05) is 4.43 Å². The summed E-state index contributed by atoms with van der Waals surface area (Å²) in [6, 6.07) is 0. The molecule has 0 unspecified atom stereocenters. The zero-order valence-corrected chi connectivity index (χ0v) is 21.6. The Balaban J connectivity index is 1.51. The van der Waals surface area contributed by atoms with Gasteiger partial charge in [-0.3, -0.25) is 0 Å². The van der Waals surface area contributed by atoms with Gasteiger partial charge in [-0.15, -0.1) is 0 Å². The molecule has 4 rings (SSSR count). The Morgan fingerprint density at radius 2 is 1.79 bits per heavy atom. The number of halogens is 1. The number of hydrogen-bond donors (Lipinski definition) is 1. The maximum Gasteiger partial charge on any atom is 0.0577 e. The first-order chi connectivity index (χ1) is 13.8. The predicted octanol–water partition coefficient (Wildman–Crippen LogP) is 7.80. The van der Waals surface area contributed by atoms with Crippen LogP contribution < -0.4 is 0 Å². The van der Waals surface area contributed by atoms with Crippen molar-refractivity contribution >= 4 is 22.6 Å². The third kappa shape index (κ3) is 4.24. The Kier molecular flexibility index (Phi) is 7.11. The van der Waals surface area contributed by atoms with Gasteiger partial charge in [-0.25, -0.2) is 0 Å². The summed E-state index contributed by atoms with van der Waals surface area (Å²) in [6.45, 7) is 10.0. The summed E-state index contributed by atoms with van der Waals surface area (Å²) in [7, 11) is 0. The van der Waals surface area contributed by atoms with Crippen LogP contribution in [0.25, 0.3) is 0 Å². The molecule has 0 heterocycles. The molecule has 1 nitrogen and oxygen atoms in total. The van der Waals surface area contributed by atoms with Crippen molar-refractivity contribution in [3.63, 3.8) is 0 Å². The van der Waals surface area contributed by atoms with Gasteiger partial charge in [0.15, 0.2) is 0 Å². The van der Waals surface area contributed by atoms with E-state index in [2.05, 4.69) is 50.3 Å². The Morgan fingerprint density at radius 3 is 2.52 bits per heavy atom. The summed E-state index contributed by atoms with van der Waals surface area (Å²) in [5.41, 5.74) is 4.05. The largest absolute Gasteiger partial charge is 0.393 e. The van der Waals surface area contributed by atoms with E-state index >= 15 is 0 Å². The van der Waals surface area contributed by atoms with Crippen molar-refractivity contribution in [2.24, 2.45) is 46.8 Å². The van der Waals surface area contributed by atoms with Crippen LogP contribution in [0.5, 0.6) is 0 Å². The molecule has 0 aromatic carbocycles. The number of aliphatic hydroxyl groups excluding tert-OH is 1. The topological polar surface area (TPSA) is 20.2 Å². The zero-order valence-electron chi connectivity index (χ0n) is 19.4. The lowest BCUT2D eigenvalue weighted by Crippen LogP contribution is -2.48. The Labute approximate surface area is 194 Å². The van der Waals surface area contributed by atoms with Crippen LogP contribution in [0.1, 0.15) is 98.3 Å². The number of allylic oxidation sites excluding steroid dienone is 1. The highest BCUT2D eigenvalue weighted by Gasteiger charge is 2.57. The second kappa shape index (κ2) is 9.12. The van der Waals surface area contributed by atoms with Crippen LogP contribution in [0, 0.1) is 46.8 Å². The molecule has 0 saturated heterocycles. The van der Waals surface area contributed by atoms with E-state index in [0.717, 1.165) is 54.3 Å². The van der Waals surface area contributed by atoms with Crippen LogP contribution in [-0.2, 0) is 0 Å². The minimum atomic E-state index is -0.0628. The molecule has 3 fully saturated rings. The van der Waals surface area contributed by atoms with Crippen molar-refractivity contribution in [2.75, 3.05) is 4.43 Å². The van der Waals surface area contributed by atoms with Gasteiger partial charge in [-0.05, 0) is 98.2 Å². The van der Waals surface area contributed by atoms with Crippen LogP contribution in [0.3, 0.4) is 0 Å². The Bertz CT molecular complexity index is 610. The molecule has 3 saturated carbocycles. The summed E-state index contributed by atoms with van der Waals surface area (Å²) in [6.07, 6.45) is 14.8. The molecule has 8 atom stereocenters. The maximum atomic E-state index is 10.3. The molecule has 4 aliphatic carbocycles. The molecule has 0 bridgehead atoms. The quantitative estimate of drug-likeness (QED) is 0.217. The molecule has 0 aromatic heterocycles. The summed E-state index contributed by atoms with van der Waals surface area (Å²) < 4.78 is 1.19. The monoisotopic (exact) mass is 516 g/mol. The predicted molar refractivity (Wildman–Crippen MR) is 132 cm³/mol. The second-order valence-electron chi connectivity index (χ2n) is 12.0. The lowest BCUT2D eigenvalue weighted by Gasteiger charge is -2.55. The first-order valence-corrected chi connectivity index (χ1v) is 14.3. The summed E-state index contributed by atoms with van der Waals surface area (Å²) in [5, 5.41) is 10.3. The molecule has 0 aromatic rings. The highest BCUT2D eigenvalue weighted by atomic mass is 131. The Morgan fingerprint density at radius 1 is 1.00 bits per heavy atom. The molecule has 1 N–H and O–H groups in total. The summed E-state index contributed by atoms with van der Waals surface area (Å²) >= 11 is 2.61. The van der Waals surface area contributed by atoms with E-state index in [9.17, 15) is 5.11 Å². The first kappa shape index (κ1) is 22.6. The van der Waals surface area contributed by atoms with Crippen LogP contribution in [0.2, 0.25) is 0 Å². The van der Waals surface area contributed by atoms with E-state index in [1.807, 2.05) is 0 Å². The fraction of sp³-hybridized carbons (Fsp3) is 0.926. The SMILES string of the molecule is CC(C)CCC[C@@H](C)[C@H]1CC[C@H]2[C@@H]3CC(C[131I])=C4C[C@@H](O)CC[C@@H]4[C@H]3CC[C@]12C. The van der Waals surface area contributed by atoms with Gasteiger partial charge in [-0.2, -0.15) is 0 Å². The highest BCUT2D eigenvalue weighted by molar-refractivity contribution is 14.1. The average molecular weight is 517 g/mol. The van der Waals surface area contributed by atoms with Crippen molar-refractivity contribution in [3.05, 3.63) is 11.1 Å². The number of fused-ring (bicyclic) bond motifs is 5. The van der Waals surface area contributed by atoms with Crippen LogP contribution in [-0.4, -0.2) is 15.6 Å². The third-order valence-electron chi connectivity index (χ3n) is 10.0. The van der Waals surface area contributed by atoms with Gasteiger partial charge in [0.1, 0.15) is 0 Å². The number of alkyl halides is 1. The number of hydrogen-bond acceptors (Lipinski definition) is 1. The maximum absolute atomic E-state index is 10.3. The van der Waals surface area contributed by atoms with Crippen LogP contribution >= 0.6 is 22.6 Å². The van der Waals surface area contributed by atoms with E-state index in [1.54, 1.807) is 11.1 Å². The van der Waals surface area contributed by atoms with Crippen molar-refractivity contribution in [2.45, 2.75) is 104 Å². The highest BCUT2D eigenvalue weighted by Crippen LogP contribution is 2.65. The molecule has 166 valence electrons. The molecule has 2 heteroatoms. The molecule has 0 amide bonds. The third-order valence-corrected chi connectivity index (χ3v) is 10.9. The van der Waals surface area contributed by atoms with Crippen LogP contribution in [0.15, 0.2) is 11.1 Å². The second-order valence-corrected chi connectivity index (χ2v) is 12.7. The van der Waals surface area contributed by atoms with Gasteiger partial charge in [0.2, 0.25) is 0 Å². The van der Waals surface area contributed by atoms with Gasteiger partial charge in [0.25, 0.3) is 0 Å². The van der Waals surface area contributed by atoms with Gasteiger partial charge >= 0.3 is 0 Å². The van der Waals surface area contributed by atoms with E-state index in [1.165, 1.54) is 62.2 Å².